The van der Waals surface area contributed by atoms with Crippen molar-refractivity contribution in [2.45, 2.75) is 79.7 Å². The fourth-order valence-corrected chi connectivity index (χ4v) is 4.66. The second-order valence-electron chi connectivity index (χ2n) is 9.73. The molecule has 5 heteroatoms. The van der Waals surface area contributed by atoms with Gasteiger partial charge in [-0.3, -0.25) is 9.69 Å². The number of piperidine rings is 1. The summed E-state index contributed by atoms with van der Waals surface area (Å²) in [6.45, 7) is 14.5. The van der Waals surface area contributed by atoms with Gasteiger partial charge >= 0.3 is 5.97 Å². The highest BCUT2D eigenvalue weighted by Gasteiger charge is 2.34. The Balaban J connectivity index is 0.000000415. The Bertz CT molecular complexity index is 785. The molecule has 186 valence electrons. The summed E-state index contributed by atoms with van der Waals surface area (Å²) in [4.78, 5) is 12.5. The summed E-state index contributed by atoms with van der Waals surface area (Å²) in [5, 5.41) is 8.08. The van der Waals surface area contributed by atoms with Gasteiger partial charge < -0.3 is 14.6 Å². The quantitative estimate of drug-likeness (QED) is 0.513. The maximum Gasteiger partial charge on any atom is 0.303 e. The zero-order valence-electron chi connectivity index (χ0n) is 22.0. The third kappa shape index (κ3) is 9.68. The summed E-state index contributed by atoms with van der Waals surface area (Å²) >= 11 is 0. The van der Waals surface area contributed by atoms with Crippen LogP contribution >= 0.6 is 0 Å². The topological polar surface area (TPSA) is 59.0 Å². The van der Waals surface area contributed by atoms with Crippen LogP contribution in [0, 0.1) is 29.6 Å². The van der Waals surface area contributed by atoms with E-state index in [4.69, 9.17) is 14.6 Å². The first-order chi connectivity index (χ1) is 15.7. The van der Waals surface area contributed by atoms with Gasteiger partial charge in [-0.1, -0.05) is 27.7 Å². The van der Waals surface area contributed by atoms with Crippen molar-refractivity contribution in [2.24, 2.45) is 17.8 Å². The number of hydrogen-bond donors (Lipinski definition) is 1. The first-order valence-corrected chi connectivity index (χ1v) is 12.2. The number of aliphatic carboxylic acids is 1. The number of rotatable bonds is 6. The number of fused-ring (bicyclic) bond motifs is 3. The molecule has 0 aromatic heterocycles. The van der Waals surface area contributed by atoms with E-state index in [1.165, 1.54) is 43.5 Å². The molecule has 1 N–H and O–H groups in total. The predicted octanol–water partition coefficient (Wildman–Crippen LogP) is 6.21. The largest absolute Gasteiger partial charge is 0.493 e. The van der Waals surface area contributed by atoms with Crippen molar-refractivity contribution in [1.29, 1.82) is 0 Å². The van der Waals surface area contributed by atoms with E-state index in [2.05, 4.69) is 42.7 Å². The van der Waals surface area contributed by atoms with Crippen molar-refractivity contribution in [2.75, 3.05) is 27.3 Å². The van der Waals surface area contributed by atoms with Crippen molar-refractivity contribution in [1.82, 2.24) is 4.90 Å². The van der Waals surface area contributed by atoms with Crippen LogP contribution in [0.25, 0.3) is 0 Å². The van der Waals surface area contributed by atoms with Crippen LogP contribution in [0.1, 0.15) is 84.4 Å². The first kappa shape index (κ1) is 28.8. The van der Waals surface area contributed by atoms with Gasteiger partial charge in [0.05, 0.1) is 14.2 Å². The summed E-state index contributed by atoms with van der Waals surface area (Å²) < 4.78 is 11.0. The van der Waals surface area contributed by atoms with E-state index >= 15 is 0 Å². The standard InChI is InChI=1S/C19H29NO2.C5H10O2.C4H6/c1-13(2)9-14-5-6-17-16-11-19(22-4)18(21-3)10-15(16)7-8-20(17)12-14;1-4(2)3-5(6)7;1-3-4-2/h10-11,13-14,17H,5-9,12H2,1-4H3;4H,3H2,1-2H3,(H,6,7);1-2H3. The molecule has 1 fully saturated rings. The average molecular weight is 460 g/mol. The molecule has 2 unspecified atom stereocenters. The van der Waals surface area contributed by atoms with Crippen molar-refractivity contribution in [3.63, 3.8) is 0 Å². The molecular formula is C28H45NO4. The number of nitrogens with zero attached hydrogens (tertiary/aromatic N) is 1. The first-order valence-electron chi connectivity index (χ1n) is 12.2. The summed E-state index contributed by atoms with van der Waals surface area (Å²) in [5.74, 6) is 8.34. The number of carboxylic acids is 1. The summed E-state index contributed by atoms with van der Waals surface area (Å²) in [6.07, 6.45) is 5.40. The lowest BCUT2D eigenvalue weighted by molar-refractivity contribution is -0.137. The smallest absolute Gasteiger partial charge is 0.303 e. The van der Waals surface area contributed by atoms with Crippen LogP contribution in [0.15, 0.2) is 12.1 Å². The van der Waals surface area contributed by atoms with Crippen molar-refractivity contribution < 1.29 is 19.4 Å². The Labute approximate surface area is 201 Å². The summed E-state index contributed by atoms with van der Waals surface area (Å²) in [6, 6.07) is 4.98. The Hall–Kier alpha value is -2.19. The minimum Gasteiger partial charge on any atom is -0.493 e. The zero-order valence-corrected chi connectivity index (χ0v) is 22.0. The van der Waals surface area contributed by atoms with Crippen LogP contribution in [0.2, 0.25) is 0 Å². The van der Waals surface area contributed by atoms with Gasteiger partial charge in [0.15, 0.2) is 11.5 Å². The summed E-state index contributed by atoms with van der Waals surface area (Å²) in [7, 11) is 3.45. The predicted molar refractivity (Wildman–Crippen MR) is 136 cm³/mol. The molecule has 3 rings (SSSR count). The monoisotopic (exact) mass is 459 g/mol. The molecular weight excluding hydrogens is 414 g/mol. The van der Waals surface area contributed by atoms with Gasteiger partial charge in [-0.25, -0.2) is 0 Å². The molecule has 0 saturated carbocycles. The highest BCUT2D eigenvalue weighted by atomic mass is 16.5. The maximum absolute atomic E-state index is 9.81. The van der Waals surface area contributed by atoms with Gasteiger partial charge in [-0.15, -0.1) is 11.8 Å². The molecule has 1 aromatic rings. The van der Waals surface area contributed by atoms with Crippen molar-refractivity contribution in [3.8, 4) is 23.3 Å². The molecule has 0 bridgehead atoms. The minimum atomic E-state index is -0.713. The van der Waals surface area contributed by atoms with Crippen LogP contribution in [0.4, 0.5) is 0 Å². The Kier molecular flexibility index (Phi) is 13.0. The highest BCUT2D eigenvalue weighted by molar-refractivity contribution is 5.66. The van der Waals surface area contributed by atoms with E-state index in [9.17, 15) is 4.79 Å². The fraction of sp³-hybridized carbons (Fsp3) is 0.679. The van der Waals surface area contributed by atoms with Crippen LogP contribution in [0.5, 0.6) is 11.5 Å². The Morgan fingerprint density at radius 3 is 2.12 bits per heavy atom. The van der Waals surface area contributed by atoms with Gasteiger partial charge in [0.1, 0.15) is 0 Å². The van der Waals surface area contributed by atoms with E-state index < -0.39 is 5.97 Å². The average Bonchev–Trinajstić information content (AvgIpc) is 2.77. The number of carboxylic acid groups (broad SMARTS) is 1. The Morgan fingerprint density at radius 2 is 1.67 bits per heavy atom. The van der Waals surface area contributed by atoms with E-state index in [1.807, 2.05) is 27.7 Å². The van der Waals surface area contributed by atoms with Crippen LogP contribution in [0.3, 0.4) is 0 Å². The van der Waals surface area contributed by atoms with Gasteiger partial charge in [0.2, 0.25) is 0 Å². The van der Waals surface area contributed by atoms with Gasteiger partial charge in [-0.05, 0) is 80.5 Å². The lowest BCUT2D eigenvalue weighted by Crippen LogP contribution is -2.42. The Morgan fingerprint density at radius 1 is 1.06 bits per heavy atom. The van der Waals surface area contributed by atoms with E-state index in [1.54, 1.807) is 14.2 Å². The number of hydrogen-bond acceptors (Lipinski definition) is 4. The number of ether oxygens (including phenoxy) is 2. The highest BCUT2D eigenvalue weighted by Crippen LogP contribution is 2.43. The third-order valence-electron chi connectivity index (χ3n) is 6.09. The molecule has 2 atom stereocenters. The normalized spacial score (nSPS) is 19.0. The molecule has 2 aliphatic heterocycles. The van der Waals surface area contributed by atoms with E-state index in [0.717, 1.165) is 29.8 Å². The van der Waals surface area contributed by atoms with Crippen molar-refractivity contribution >= 4 is 5.97 Å². The van der Waals surface area contributed by atoms with Gasteiger partial charge in [-0.2, -0.15) is 0 Å². The van der Waals surface area contributed by atoms with Gasteiger partial charge in [0.25, 0.3) is 0 Å². The fourth-order valence-electron chi connectivity index (χ4n) is 4.66. The maximum atomic E-state index is 9.81. The van der Waals surface area contributed by atoms with Crippen molar-refractivity contribution in [3.05, 3.63) is 23.3 Å². The minimum absolute atomic E-state index is 0.275. The van der Waals surface area contributed by atoms with Crippen LogP contribution in [-0.4, -0.2) is 43.3 Å². The van der Waals surface area contributed by atoms with E-state index in [0.29, 0.717) is 6.04 Å². The lowest BCUT2D eigenvalue weighted by atomic mass is 9.81. The molecule has 1 saturated heterocycles. The second-order valence-corrected chi connectivity index (χ2v) is 9.73. The molecule has 33 heavy (non-hydrogen) atoms. The molecule has 2 heterocycles. The molecule has 2 aliphatic rings. The molecule has 0 spiro atoms. The number of carbonyl (C=O) groups is 1. The van der Waals surface area contributed by atoms with Crippen LogP contribution in [-0.2, 0) is 11.2 Å². The van der Waals surface area contributed by atoms with E-state index in [-0.39, 0.29) is 12.3 Å². The lowest BCUT2D eigenvalue weighted by Gasteiger charge is -2.44. The van der Waals surface area contributed by atoms with Gasteiger partial charge in [0, 0.05) is 25.6 Å². The summed E-state index contributed by atoms with van der Waals surface area (Å²) in [5.41, 5.74) is 2.91. The van der Waals surface area contributed by atoms with Crippen LogP contribution < -0.4 is 9.47 Å². The number of methoxy groups -OCH3 is 2. The third-order valence-corrected chi connectivity index (χ3v) is 6.09. The SMILES string of the molecule is CC#CC.CC(C)CC(=O)O.COc1cc2c(cc1OC)C1CCC(CC(C)C)CN1CC2. The zero-order chi connectivity index (χ0) is 25.0. The molecule has 0 aliphatic carbocycles. The molecule has 0 amide bonds. The second kappa shape index (κ2) is 14.9. The molecule has 0 radical (unpaired) electrons. The molecule has 1 aromatic carbocycles. The number of benzene rings is 1. The molecule has 5 nitrogen and oxygen atoms in total.